The predicted octanol–water partition coefficient (Wildman–Crippen LogP) is 1.44. The molecule has 0 aromatic heterocycles. The number of hydrogen-bond donors (Lipinski definition) is 1. The summed E-state index contributed by atoms with van der Waals surface area (Å²) in [7, 11) is 0. The molecule has 2 amide bonds. The lowest BCUT2D eigenvalue weighted by molar-refractivity contribution is 0.0643. The Hall–Kier alpha value is -1.68. The van der Waals surface area contributed by atoms with Gasteiger partial charge in [0, 0.05) is 6.54 Å². The van der Waals surface area contributed by atoms with E-state index < -0.39 is 6.10 Å². The zero-order chi connectivity index (χ0) is 12.4. The minimum atomic E-state index is -0.398. The van der Waals surface area contributed by atoms with Crippen LogP contribution >= 0.6 is 0 Å². The summed E-state index contributed by atoms with van der Waals surface area (Å²) >= 11 is 0. The number of amides is 2. The third kappa shape index (κ3) is 2.22. The van der Waals surface area contributed by atoms with Crippen molar-refractivity contribution in [2.24, 2.45) is 0 Å². The van der Waals surface area contributed by atoms with Gasteiger partial charge in [0.1, 0.15) is 0 Å². The Bertz CT molecular complexity index is 419. The molecule has 4 heteroatoms. The molecule has 1 aromatic rings. The summed E-state index contributed by atoms with van der Waals surface area (Å²) in [5.74, 6) is -0.451. The third-order valence-electron chi connectivity index (χ3n) is 2.88. The Morgan fingerprint density at radius 2 is 1.71 bits per heavy atom. The lowest BCUT2D eigenvalue weighted by Gasteiger charge is -2.13. The zero-order valence-corrected chi connectivity index (χ0v) is 9.72. The topological polar surface area (TPSA) is 57.6 Å². The van der Waals surface area contributed by atoms with E-state index in [-0.39, 0.29) is 11.8 Å². The number of carbonyl (C=O) groups excluding carboxylic acids is 2. The smallest absolute Gasteiger partial charge is 0.261 e. The molecular weight excluding hydrogens is 218 g/mol. The van der Waals surface area contributed by atoms with Crippen LogP contribution in [0.15, 0.2) is 24.3 Å². The van der Waals surface area contributed by atoms with Crippen LogP contribution in [0.4, 0.5) is 0 Å². The van der Waals surface area contributed by atoms with Crippen molar-refractivity contribution in [3.05, 3.63) is 35.4 Å². The van der Waals surface area contributed by atoms with Gasteiger partial charge in [-0.05, 0) is 31.9 Å². The Kier molecular flexibility index (Phi) is 3.24. The number of rotatable bonds is 4. The molecule has 1 unspecified atom stereocenters. The van der Waals surface area contributed by atoms with Crippen LogP contribution in [0.1, 0.15) is 40.5 Å². The molecule has 0 fully saturated rings. The fraction of sp³-hybridized carbons (Fsp3) is 0.385. The van der Waals surface area contributed by atoms with Crippen LogP contribution in [0.2, 0.25) is 0 Å². The number of fused-ring (bicyclic) bond motifs is 1. The Labute approximate surface area is 99.9 Å². The van der Waals surface area contributed by atoms with E-state index in [1.54, 1.807) is 31.2 Å². The van der Waals surface area contributed by atoms with E-state index in [1.807, 2.05) is 0 Å². The van der Waals surface area contributed by atoms with Gasteiger partial charge in [0.2, 0.25) is 0 Å². The number of aliphatic hydroxyl groups excluding tert-OH is 1. The highest BCUT2D eigenvalue weighted by Crippen LogP contribution is 2.22. The molecule has 1 heterocycles. The maximum Gasteiger partial charge on any atom is 0.261 e. The maximum absolute atomic E-state index is 11.9. The molecule has 0 bridgehead atoms. The van der Waals surface area contributed by atoms with Crippen molar-refractivity contribution >= 4 is 11.8 Å². The second-order valence-corrected chi connectivity index (χ2v) is 4.30. The minimum Gasteiger partial charge on any atom is -0.393 e. The van der Waals surface area contributed by atoms with E-state index in [0.29, 0.717) is 30.5 Å². The van der Waals surface area contributed by atoms with Crippen LogP contribution in [0.5, 0.6) is 0 Å². The normalized spacial score (nSPS) is 16.2. The SMILES string of the molecule is CC(O)CCCN1C(=O)c2ccccc2C1=O. The quantitative estimate of drug-likeness (QED) is 0.801. The highest BCUT2D eigenvalue weighted by molar-refractivity contribution is 6.21. The van der Waals surface area contributed by atoms with Gasteiger partial charge in [-0.1, -0.05) is 12.1 Å². The first kappa shape index (κ1) is 11.8. The van der Waals surface area contributed by atoms with Gasteiger partial charge in [0.25, 0.3) is 11.8 Å². The molecule has 17 heavy (non-hydrogen) atoms. The second-order valence-electron chi connectivity index (χ2n) is 4.30. The van der Waals surface area contributed by atoms with Crippen LogP contribution in [-0.4, -0.2) is 34.5 Å². The van der Waals surface area contributed by atoms with Crippen molar-refractivity contribution in [3.63, 3.8) is 0 Å². The average molecular weight is 233 g/mol. The van der Waals surface area contributed by atoms with Crippen molar-refractivity contribution in [1.82, 2.24) is 4.90 Å². The van der Waals surface area contributed by atoms with E-state index >= 15 is 0 Å². The molecule has 1 atom stereocenters. The summed E-state index contributed by atoms with van der Waals surface area (Å²) < 4.78 is 0. The van der Waals surface area contributed by atoms with E-state index in [9.17, 15) is 9.59 Å². The van der Waals surface area contributed by atoms with Gasteiger partial charge in [-0.3, -0.25) is 14.5 Å². The predicted molar refractivity (Wildman–Crippen MR) is 62.7 cm³/mol. The number of imide groups is 1. The average Bonchev–Trinajstić information content (AvgIpc) is 2.54. The van der Waals surface area contributed by atoms with Crippen LogP contribution in [0.25, 0.3) is 0 Å². The fourth-order valence-corrected chi connectivity index (χ4v) is 1.99. The summed E-state index contributed by atoms with van der Waals surface area (Å²) in [6.45, 7) is 2.07. The fourth-order valence-electron chi connectivity index (χ4n) is 1.99. The zero-order valence-electron chi connectivity index (χ0n) is 9.72. The highest BCUT2D eigenvalue weighted by Gasteiger charge is 2.34. The molecule has 0 saturated carbocycles. The van der Waals surface area contributed by atoms with Crippen molar-refractivity contribution in [2.45, 2.75) is 25.9 Å². The number of carbonyl (C=O) groups is 2. The van der Waals surface area contributed by atoms with Gasteiger partial charge in [-0.15, -0.1) is 0 Å². The molecule has 0 saturated heterocycles. The third-order valence-corrected chi connectivity index (χ3v) is 2.88. The molecule has 0 aliphatic carbocycles. The van der Waals surface area contributed by atoms with Gasteiger partial charge in [0.05, 0.1) is 17.2 Å². The summed E-state index contributed by atoms with van der Waals surface area (Å²) in [5.41, 5.74) is 0.962. The monoisotopic (exact) mass is 233 g/mol. The van der Waals surface area contributed by atoms with Gasteiger partial charge in [0.15, 0.2) is 0 Å². The number of nitrogens with zero attached hydrogens (tertiary/aromatic N) is 1. The lowest BCUT2D eigenvalue weighted by atomic mass is 10.1. The first-order valence-corrected chi connectivity index (χ1v) is 5.74. The van der Waals surface area contributed by atoms with E-state index in [1.165, 1.54) is 4.90 Å². The lowest BCUT2D eigenvalue weighted by Crippen LogP contribution is -2.31. The minimum absolute atomic E-state index is 0.226. The van der Waals surface area contributed by atoms with Crippen LogP contribution in [0.3, 0.4) is 0 Å². The van der Waals surface area contributed by atoms with Crippen LogP contribution in [-0.2, 0) is 0 Å². The Morgan fingerprint density at radius 1 is 1.18 bits per heavy atom. The van der Waals surface area contributed by atoms with Gasteiger partial charge in [-0.25, -0.2) is 0 Å². The molecule has 0 radical (unpaired) electrons. The van der Waals surface area contributed by atoms with Crippen molar-refractivity contribution in [2.75, 3.05) is 6.54 Å². The van der Waals surface area contributed by atoms with E-state index in [4.69, 9.17) is 5.11 Å². The highest BCUT2D eigenvalue weighted by atomic mass is 16.3. The van der Waals surface area contributed by atoms with Crippen molar-refractivity contribution < 1.29 is 14.7 Å². The number of benzene rings is 1. The van der Waals surface area contributed by atoms with Gasteiger partial charge >= 0.3 is 0 Å². The largest absolute Gasteiger partial charge is 0.393 e. The Morgan fingerprint density at radius 3 is 2.18 bits per heavy atom. The van der Waals surface area contributed by atoms with Crippen LogP contribution < -0.4 is 0 Å². The summed E-state index contributed by atoms with van der Waals surface area (Å²) in [6, 6.07) is 6.85. The maximum atomic E-state index is 11.9. The van der Waals surface area contributed by atoms with E-state index in [0.717, 1.165) is 0 Å². The summed E-state index contributed by atoms with van der Waals surface area (Å²) in [5, 5.41) is 9.14. The molecule has 1 N–H and O–H groups in total. The molecule has 4 nitrogen and oxygen atoms in total. The molecule has 0 spiro atoms. The number of hydrogen-bond acceptors (Lipinski definition) is 3. The standard InChI is InChI=1S/C13H15NO3/c1-9(15)5-4-8-14-12(16)10-6-2-3-7-11(10)13(14)17/h2-3,6-7,9,15H,4-5,8H2,1H3. The molecule has 1 aliphatic heterocycles. The first-order chi connectivity index (χ1) is 8.11. The molecule has 1 aliphatic rings. The van der Waals surface area contributed by atoms with Crippen molar-refractivity contribution in [1.29, 1.82) is 0 Å². The van der Waals surface area contributed by atoms with Gasteiger partial charge in [-0.2, -0.15) is 0 Å². The van der Waals surface area contributed by atoms with Gasteiger partial charge < -0.3 is 5.11 Å². The Balaban J connectivity index is 2.08. The molecule has 1 aromatic carbocycles. The molecule has 2 rings (SSSR count). The first-order valence-electron chi connectivity index (χ1n) is 5.74. The van der Waals surface area contributed by atoms with Crippen LogP contribution in [0, 0.1) is 0 Å². The molecule has 90 valence electrons. The molecular formula is C13H15NO3. The summed E-state index contributed by atoms with van der Waals surface area (Å²) in [4.78, 5) is 25.1. The number of aliphatic hydroxyl groups is 1. The second kappa shape index (κ2) is 4.67. The van der Waals surface area contributed by atoms with E-state index in [2.05, 4.69) is 0 Å². The summed E-state index contributed by atoms with van der Waals surface area (Å²) in [6.07, 6.45) is 0.821. The van der Waals surface area contributed by atoms with Crippen molar-refractivity contribution in [3.8, 4) is 0 Å².